The van der Waals surface area contributed by atoms with Crippen molar-refractivity contribution in [2.24, 2.45) is 0 Å². The van der Waals surface area contributed by atoms with Crippen LogP contribution in [0.1, 0.15) is 11.1 Å². The molecular weight excluding hydrogens is 282 g/mol. The predicted octanol–water partition coefficient (Wildman–Crippen LogP) is 1.23. The maximum atomic E-state index is 11.4. The van der Waals surface area contributed by atoms with Gasteiger partial charge in [-0.05, 0) is 17.5 Å². The lowest BCUT2D eigenvalue weighted by molar-refractivity contribution is -0.254. The first-order valence-electron chi connectivity index (χ1n) is 5.91. The Hall–Kier alpha value is -1.86. The molecule has 0 aromatic heterocycles. The molecule has 0 saturated carbocycles. The van der Waals surface area contributed by atoms with Gasteiger partial charge in [-0.1, -0.05) is 36.0 Å². The fourth-order valence-corrected chi connectivity index (χ4v) is 2.68. The summed E-state index contributed by atoms with van der Waals surface area (Å²) in [6, 6.07) is 7.22. The third-order valence-corrected chi connectivity index (χ3v) is 3.72. The first-order valence-corrected chi connectivity index (χ1v) is 6.79. The molecule has 0 bridgehead atoms. The van der Waals surface area contributed by atoms with Crippen LogP contribution in [-0.4, -0.2) is 29.5 Å². The van der Waals surface area contributed by atoms with Crippen LogP contribution < -0.4 is 5.32 Å². The minimum atomic E-state index is -0.475. The highest BCUT2D eigenvalue weighted by atomic mass is 32.2. The Morgan fingerprint density at radius 3 is 2.45 bits per heavy atom. The van der Waals surface area contributed by atoms with Crippen LogP contribution in [0.4, 0.5) is 4.79 Å². The lowest BCUT2D eigenvalue weighted by atomic mass is 10.1. The molecule has 1 atom stereocenters. The standard InChI is InChI=1S/C13H13NO5S/c1-18-19-11(15)7-9-4-2-8(3-5-9)6-10-12(16)14-13(17)20-10/h2-5,10H,6-7H2,1H3,(H,14,16,17). The van der Waals surface area contributed by atoms with E-state index >= 15 is 0 Å². The number of thioether (sulfide) groups is 1. The van der Waals surface area contributed by atoms with Gasteiger partial charge >= 0.3 is 5.97 Å². The minimum absolute atomic E-state index is 0.116. The Balaban J connectivity index is 1.93. The Kier molecular flexibility index (Phi) is 4.75. The van der Waals surface area contributed by atoms with Crippen LogP contribution in [0, 0.1) is 0 Å². The summed E-state index contributed by atoms with van der Waals surface area (Å²) in [6.07, 6.45) is 0.594. The van der Waals surface area contributed by atoms with Crippen molar-refractivity contribution in [2.75, 3.05) is 7.11 Å². The molecule has 20 heavy (non-hydrogen) atoms. The van der Waals surface area contributed by atoms with E-state index in [1.165, 1.54) is 7.11 Å². The molecule has 1 aromatic carbocycles. The number of carbonyl (C=O) groups is 3. The normalized spacial score (nSPS) is 17.9. The highest BCUT2D eigenvalue weighted by Crippen LogP contribution is 2.23. The van der Waals surface area contributed by atoms with Gasteiger partial charge in [0.05, 0.1) is 18.8 Å². The molecule has 1 aliphatic heterocycles. The van der Waals surface area contributed by atoms with E-state index in [9.17, 15) is 14.4 Å². The number of benzene rings is 1. The summed E-state index contributed by atoms with van der Waals surface area (Å²) in [4.78, 5) is 42.4. The predicted molar refractivity (Wildman–Crippen MR) is 71.9 cm³/mol. The van der Waals surface area contributed by atoms with E-state index < -0.39 is 5.97 Å². The van der Waals surface area contributed by atoms with Gasteiger partial charge in [0.1, 0.15) is 0 Å². The number of rotatable bonds is 5. The zero-order valence-electron chi connectivity index (χ0n) is 10.8. The molecule has 1 heterocycles. The zero-order chi connectivity index (χ0) is 14.5. The van der Waals surface area contributed by atoms with Gasteiger partial charge in [-0.15, -0.1) is 0 Å². The number of amides is 2. The van der Waals surface area contributed by atoms with Crippen LogP contribution >= 0.6 is 11.8 Å². The third-order valence-electron chi connectivity index (χ3n) is 2.74. The second kappa shape index (κ2) is 6.53. The molecule has 1 fully saturated rings. The average Bonchev–Trinajstić information content (AvgIpc) is 2.70. The zero-order valence-corrected chi connectivity index (χ0v) is 11.6. The van der Waals surface area contributed by atoms with Gasteiger partial charge in [-0.3, -0.25) is 19.8 Å². The SMILES string of the molecule is COOC(=O)Cc1ccc(CC2SC(=O)NC2=O)cc1. The first-order chi connectivity index (χ1) is 9.58. The second-order valence-corrected chi connectivity index (χ2v) is 5.38. The smallest absolute Gasteiger partial charge is 0.298 e. The summed E-state index contributed by atoms with van der Waals surface area (Å²) in [6.45, 7) is 0. The largest absolute Gasteiger partial charge is 0.346 e. The minimum Gasteiger partial charge on any atom is -0.298 e. The summed E-state index contributed by atoms with van der Waals surface area (Å²) < 4.78 is 0. The van der Waals surface area contributed by atoms with Gasteiger partial charge in [0, 0.05) is 0 Å². The average molecular weight is 295 g/mol. The molecule has 0 radical (unpaired) electrons. The Labute approximate surface area is 119 Å². The molecule has 0 spiro atoms. The summed E-state index contributed by atoms with van der Waals surface area (Å²) in [7, 11) is 1.27. The number of nitrogens with one attached hydrogen (secondary N) is 1. The van der Waals surface area contributed by atoms with E-state index in [-0.39, 0.29) is 22.8 Å². The Morgan fingerprint density at radius 1 is 1.25 bits per heavy atom. The van der Waals surface area contributed by atoms with E-state index in [0.717, 1.165) is 22.9 Å². The van der Waals surface area contributed by atoms with Crippen LogP contribution in [0.2, 0.25) is 0 Å². The van der Waals surface area contributed by atoms with Crippen LogP contribution in [0.25, 0.3) is 0 Å². The van der Waals surface area contributed by atoms with Gasteiger partial charge in [0.25, 0.3) is 5.24 Å². The summed E-state index contributed by atoms with van der Waals surface area (Å²) in [5.74, 6) is -0.732. The van der Waals surface area contributed by atoms with Gasteiger partial charge in [0.15, 0.2) is 0 Å². The third kappa shape index (κ3) is 3.82. The lowest BCUT2D eigenvalue weighted by Gasteiger charge is -2.06. The van der Waals surface area contributed by atoms with E-state index in [1.54, 1.807) is 12.1 Å². The first kappa shape index (κ1) is 14.5. The quantitative estimate of drug-likeness (QED) is 0.650. The van der Waals surface area contributed by atoms with Crippen molar-refractivity contribution in [3.8, 4) is 0 Å². The second-order valence-electron chi connectivity index (χ2n) is 4.20. The van der Waals surface area contributed by atoms with Crippen LogP contribution in [0.5, 0.6) is 0 Å². The molecule has 1 aromatic rings. The van der Waals surface area contributed by atoms with Crippen molar-refractivity contribution < 1.29 is 24.2 Å². The molecule has 0 aliphatic carbocycles. The van der Waals surface area contributed by atoms with Gasteiger partial charge in [0.2, 0.25) is 5.91 Å². The van der Waals surface area contributed by atoms with Crippen molar-refractivity contribution in [2.45, 2.75) is 18.1 Å². The van der Waals surface area contributed by atoms with Crippen molar-refractivity contribution >= 4 is 28.9 Å². The van der Waals surface area contributed by atoms with Crippen LogP contribution in [-0.2, 0) is 32.2 Å². The maximum Gasteiger partial charge on any atom is 0.346 e. The number of imide groups is 1. The lowest BCUT2D eigenvalue weighted by Crippen LogP contribution is -2.25. The van der Waals surface area contributed by atoms with Crippen molar-refractivity contribution in [3.05, 3.63) is 35.4 Å². The molecule has 2 amide bonds. The Morgan fingerprint density at radius 2 is 1.90 bits per heavy atom. The number of hydrogen-bond donors (Lipinski definition) is 1. The molecule has 2 rings (SSSR count). The van der Waals surface area contributed by atoms with Crippen LogP contribution in [0.15, 0.2) is 24.3 Å². The van der Waals surface area contributed by atoms with E-state index in [0.29, 0.717) is 6.42 Å². The van der Waals surface area contributed by atoms with Crippen molar-refractivity contribution in [1.82, 2.24) is 5.32 Å². The van der Waals surface area contributed by atoms with E-state index in [4.69, 9.17) is 0 Å². The summed E-state index contributed by atoms with van der Waals surface area (Å²) in [5, 5.41) is 1.56. The molecule has 6 nitrogen and oxygen atoms in total. The van der Waals surface area contributed by atoms with E-state index in [1.807, 2.05) is 12.1 Å². The molecule has 1 N–H and O–H groups in total. The molecule has 1 saturated heterocycles. The highest BCUT2D eigenvalue weighted by Gasteiger charge is 2.31. The molecule has 7 heteroatoms. The topological polar surface area (TPSA) is 81.7 Å². The molecule has 1 aliphatic rings. The maximum absolute atomic E-state index is 11.4. The molecule has 106 valence electrons. The summed E-state index contributed by atoms with van der Waals surface area (Å²) >= 11 is 1.000. The summed E-state index contributed by atoms with van der Waals surface area (Å²) in [5.41, 5.74) is 1.71. The fourth-order valence-electron chi connectivity index (χ4n) is 1.82. The Bertz CT molecular complexity index is 528. The number of hydrogen-bond acceptors (Lipinski definition) is 6. The monoisotopic (exact) mass is 295 g/mol. The van der Waals surface area contributed by atoms with Gasteiger partial charge < -0.3 is 0 Å². The van der Waals surface area contributed by atoms with Gasteiger partial charge in [-0.2, -0.15) is 4.89 Å². The molecule has 1 unspecified atom stereocenters. The molecular formula is C13H13NO5S. The highest BCUT2D eigenvalue weighted by molar-refractivity contribution is 8.15. The fraction of sp³-hybridized carbons (Fsp3) is 0.308. The van der Waals surface area contributed by atoms with Crippen molar-refractivity contribution in [3.63, 3.8) is 0 Å². The van der Waals surface area contributed by atoms with E-state index in [2.05, 4.69) is 15.1 Å². The van der Waals surface area contributed by atoms with Gasteiger partial charge in [-0.25, -0.2) is 4.79 Å². The van der Waals surface area contributed by atoms with Crippen molar-refractivity contribution in [1.29, 1.82) is 0 Å². The number of carbonyl (C=O) groups excluding carboxylic acids is 3. The van der Waals surface area contributed by atoms with Crippen LogP contribution in [0.3, 0.4) is 0 Å².